The van der Waals surface area contributed by atoms with Crippen LogP contribution in [0.15, 0.2) is 25.3 Å². The van der Waals surface area contributed by atoms with E-state index in [1.54, 1.807) is 12.2 Å². The number of ether oxygens (including phenoxy) is 2. The molecule has 1 atom stereocenters. The zero-order valence-electron chi connectivity index (χ0n) is 14.1. The molecule has 0 bridgehead atoms. The average Bonchev–Trinajstić information content (AvgIpc) is 3.01. The van der Waals surface area contributed by atoms with E-state index >= 15 is 0 Å². The summed E-state index contributed by atoms with van der Waals surface area (Å²) in [6, 6.07) is -0.561. The van der Waals surface area contributed by atoms with Gasteiger partial charge < -0.3 is 14.4 Å². The number of urea groups is 1. The molecule has 27 heavy (non-hydrogen) atoms. The van der Waals surface area contributed by atoms with E-state index in [1.165, 1.54) is 4.90 Å². The minimum absolute atomic E-state index is 0.0756. The molecule has 1 unspecified atom stereocenters. The number of aromatic nitrogens is 2. The van der Waals surface area contributed by atoms with Gasteiger partial charge in [0.15, 0.2) is 6.23 Å². The van der Waals surface area contributed by atoms with E-state index in [9.17, 15) is 22.8 Å². The van der Waals surface area contributed by atoms with Crippen molar-refractivity contribution in [3.05, 3.63) is 30.3 Å². The topological polar surface area (TPSA) is 84.9 Å². The number of hydrogen-bond acceptors (Lipinski definition) is 7. The van der Waals surface area contributed by atoms with Gasteiger partial charge in [0.25, 0.3) is 0 Å². The minimum atomic E-state index is -5.18. The lowest BCUT2D eigenvalue weighted by Crippen LogP contribution is -2.56. The van der Waals surface area contributed by atoms with Crippen molar-refractivity contribution in [1.82, 2.24) is 15.1 Å². The molecular weight excluding hydrogens is 389 g/mol. The molecule has 0 radical (unpaired) electrons. The lowest BCUT2D eigenvalue weighted by molar-refractivity contribution is -0.300. The predicted molar refractivity (Wildman–Crippen MR) is 90.1 cm³/mol. The molecule has 0 aliphatic carbocycles. The molecule has 2 amide bonds. The first-order valence-electron chi connectivity index (χ1n) is 7.84. The van der Waals surface area contributed by atoms with E-state index in [4.69, 9.17) is 4.74 Å². The van der Waals surface area contributed by atoms with Crippen LogP contribution in [0, 0.1) is 0 Å². The van der Waals surface area contributed by atoms with E-state index in [1.807, 2.05) is 0 Å². The van der Waals surface area contributed by atoms with Gasteiger partial charge in [0.05, 0.1) is 0 Å². The van der Waals surface area contributed by atoms with Crippen LogP contribution in [0.5, 0.6) is 0 Å². The molecule has 2 rings (SSSR count). The van der Waals surface area contributed by atoms with Crippen LogP contribution in [0.2, 0.25) is 0 Å². The Morgan fingerprint density at radius 2 is 2.07 bits per heavy atom. The summed E-state index contributed by atoms with van der Waals surface area (Å²) in [5, 5.41) is 8.42. The molecular formula is C15H17F3N4O4S. The van der Waals surface area contributed by atoms with Gasteiger partial charge in [-0.05, 0) is 6.42 Å². The monoisotopic (exact) mass is 406 g/mol. The van der Waals surface area contributed by atoms with Crippen molar-refractivity contribution in [1.29, 1.82) is 0 Å². The van der Waals surface area contributed by atoms with E-state index in [0.29, 0.717) is 24.4 Å². The highest BCUT2D eigenvalue weighted by Gasteiger charge is 2.41. The lowest BCUT2D eigenvalue weighted by Gasteiger charge is -2.38. The molecule has 1 aliphatic rings. The molecule has 8 nitrogen and oxygen atoms in total. The lowest BCUT2D eigenvalue weighted by atomic mass is 10.2. The minimum Gasteiger partial charge on any atom is -0.409 e. The van der Waals surface area contributed by atoms with Gasteiger partial charge in [0, 0.05) is 25.9 Å². The normalized spacial score (nSPS) is 17.6. The third-order valence-electron chi connectivity index (χ3n) is 3.43. The van der Waals surface area contributed by atoms with Gasteiger partial charge in [-0.15, -0.1) is 36.5 Å². The molecule has 1 fully saturated rings. The van der Waals surface area contributed by atoms with Crippen molar-refractivity contribution in [2.24, 2.45) is 0 Å². The SMILES string of the molecule is C=CCCN1CCC(OC(=O)OC(F)(F)F)N(c2nnc(CC=C)s2)C1=O. The maximum absolute atomic E-state index is 12.8. The highest BCUT2D eigenvalue weighted by Crippen LogP contribution is 2.29. The van der Waals surface area contributed by atoms with Gasteiger partial charge in [-0.3, -0.25) is 0 Å². The Kier molecular flexibility index (Phi) is 6.77. The van der Waals surface area contributed by atoms with Crippen molar-refractivity contribution in [3.8, 4) is 0 Å². The van der Waals surface area contributed by atoms with Crippen LogP contribution >= 0.6 is 11.3 Å². The van der Waals surface area contributed by atoms with Gasteiger partial charge >= 0.3 is 18.5 Å². The molecule has 12 heteroatoms. The number of carbonyl (C=O) groups excluding carboxylic acids is 2. The number of nitrogens with zero attached hydrogens (tertiary/aromatic N) is 4. The summed E-state index contributed by atoms with van der Waals surface area (Å²) in [4.78, 5) is 26.6. The average molecular weight is 406 g/mol. The zero-order chi connectivity index (χ0) is 20.0. The summed E-state index contributed by atoms with van der Waals surface area (Å²) >= 11 is 1.05. The van der Waals surface area contributed by atoms with Gasteiger partial charge in [0.1, 0.15) is 5.01 Å². The molecule has 148 valence electrons. The van der Waals surface area contributed by atoms with Gasteiger partial charge in [-0.25, -0.2) is 14.5 Å². The molecule has 1 aliphatic heterocycles. The van der Waals surface area contributed by atoms with Crippen molar-refractivity contribution in [2.45, 2.75) is 31.9 Å². The molecule has 0 spiro atoms. The first-order valence-corrected chi connectivity index (χ1v) is 8.65. The Morgan fingerprint density at radius 3 is 2.70 bits per heavy atom. The van der Waals surface area contributed by atoms with Crippen LogP contribution in [0.25, 0.3) is 0 Å². The molecule has 0 N–H and O–H groups in total. The van der Waals surface area contributed by atoms with Crippen LogP contribution in [-0.2, 0) is 15.9 Å². The van der Waals surface area contributed by atoms with Crippen LogP contribution in [0.4, 0.5) is 27.9 Å². The van der Waals surface area contributed by atoms with Crippen LogP contribution in [0.1, 0.15) is 17.8 Å². The number of halogens is 3. The number of amides is 2. The van der Waals surface area contributed by atoms with E-state index < -0.39 is 24.8 Å². The van der Waals surface area contributed by atoms with Crippen molar-refractivity contribution in [2.75, 3.05) is 18.0 Å². The Balaban J connectivity index is 2.22. The van der Waals surface area contributed by atoms with Crippen LogP contribution < -0.4 is 4.90 Å². The maximum atomic E-state index is 12.8. The van der Waals surface area contributed by atoms with Crippen molar-refractivity contribution < 1.29 is 32.2 Å². The second kappa shape index (κ2) is 8.84. The number of carbonyl (C=O) groups is 2. The number of anilines is 1. The summed E-state index contributed by atoms with van der Waals surface area (Å²) < 4.78 is 44.5. The second-order valence-electron chi connectivity index (χ2n) is 5.35. The molecule has 2 heterocycles. The van der Waals surface area contributed by atoms with Gasteiger partial charge in [0.2, 0.25) is 5.13 Å². The largest absolute Gasteiger partial charge is 0.577 e. The highest BCUT2D eigenvalue weighted by molar-refractivity contribution is 7.15. The predicted octanol–water partition coefficient (Wildman–Crippen LogP) is 3.47. The van der Waals surface area contributed by atoms with Crippen LogP contribution in [0.3, 0.4) is 0 Å². The molecule has 0 aromatic carbocycles. The van der Waals surface area contributed by atoms with E-state index in [0.717, 1.165) is 16.2 Å². The summed E-state index contributed by atoms with van der Waals surface area (Å²) in [5.74, 6) is 0. The summed E-state index contributed by atoms with van der Waals surface area (Å²) in [5.41, 5.74) is 0. The quantitative estimate of drug-likeness (QED) is 0.509. The Bertz CT molecular complexity index is 709. The summed E-state index contributed by atoms with van der Waals surface area (Å²) in [7, 11) is 0. The Hall–Kier alpha value is -2.63. The highest BCUT2D eigenvalue weighted by atomic mass is 32.1. The third-order valence-corrected chi connectivity index (χ3v) is 4.37. The number of alkyl halides is 3. The van der Waals surface area contributed by atoms with Gasteiger partial charge in [-0.2, -0.15) is 0 Å². The fourth-order valence-electron chi connectivity index (χ4n) is 2.32. The molecule has 1 aromatic heterocycles. The first-order chi connectivity index (χ1) is 12.7. The summed E-state index contributed by atoms with van der Waals surface area (Å²) in [6.45, 7) is 7.70. The fraction of sp³-hybridized carbons (Fsp3) is 0.467. The molecule has 0 saturated carbocycles. The smallest absolute Gasteiger partial charge is 0.409 e. The molecule has 1 aromatic rings. The fourth-order valence-corrected chi connectivity index (χ4v) is 3.18. The number of hydrogen-bond donors (Lipinski definition) is 0. The molecule has 1 saturated heterocycles. The van der Waals surface area contributed by atoms with Gasteiger partial charge in [-0.1, -0.05) is 23.5 Å². The van der Waals surface area contributed by atoms with Crippen molar-refractivity contribution in [3.63, 3.8) is 0 Å². The standard InChI is InChI=1S/C15H17F3N4O4S/c1-3-5-8-21-9-7-11(25-14(24)26-15(16,17)18)22(13(21)23)12-20-19-10(27-12)6-4-2/h3-4,11H,1-2,5-9H2. The Morgan fingerprint density at radius 1 is 1.33 bits per heavy atom. The Labute approximate surface area is 156 Å². The number of rotatable bonds is 7. The van der Waals surface area contributed by atoms with E-state index in [2.05, 4.69) is 28.1 Å². The zero-order valence-corrected chi connectivity index (χ0v) is 15.0. The number of allylic oxidation sites excluding steroid dienone is 1. The van der Waals surface area contributed by atoms with E-state index in [-0.39, 0.29) is 18.1 Å². The maximum Gasteiger partial charge on any atom is 0.577 e. The van der Waals surface area contributed by atoms with Crippen molar-refractivity contribution >= 4 is 28.7 Å². The second-order valence-corrected chi connectivity index (χ2v) is 6.39. The summed E-state index contributed by atoms with van der Waals surface area (Å²) in [6.07, 6.45) is -4.19. The third kappa shape index (κ3) is 5.67. The first kappa shape index (κ1) is 20.7. The van der Waals surface area contributed by atoms with Crippen LogP contribution in [-0.4, -0.2) is 53.0 Å².